The molecule has 3 rings (SSSR count). The van der Waals surface area contributed by atoms with E-state index in [9.17, 15) is 13.2 Å². The maximum Gasteiger partial charge on any atom is 0.231 e. The third-order valence-electron chi connectivity index (χ3n) is 5.40. The van der Waals surface area contributed by atoms with Gasteiger partial charge < -0.3 is 4.90 Å². The van der Waals surface area contributed by atoms with Crippen LogP contribution in [0.15, 0.2) is 24.3 Å². The van der Waals surface area contributed by atoms with Gasteiger partial charge in [0.1, 0.15) is 0 Å². The number of nitrogens with zero attached hydrogens (tertiary/aromatic N) is 2. The van der Waals surface area contributed by atoms with Crippen LogP contribution < -0.4 is 4.90 Å². The molecule has 1 amide bonds. The van der Waals surface area contributed by atoms with E-state index in [2.05, 4.69) is 13.0 Å². The highest BCUT2D eigenvalue weighted by molar-refractivity contribution is 7.89. The van der Waals surface area contributed by atoms with Crippen molar-refractivity contribution in [3.05, 3.63) is 29.8 Å². The van der Waals surface area contributed by atoms with Crippen molar-refractivity contribution in [1.29, 1.82) is 0 Å². The fourth-order valence-electron chi connectivity index (χ4n) is 3.98. The van der Waals surface area contributed by atoms with Gasteiger partial charge in [-0.1, -0.05) is 32.0 Å². The molecule has 0 aliphatic carbocycles. The van der Waals surface area contributed by atoms with Crippen LogP contribution in [-0.2, 0) is 14.8 Å². The molecule has 2 aliphatic heterocycles. The fraction of sp³-hybridized carbons (Fsp3) is 0.632. The number of para-hydroxylation sites is 1. The molecule has 0 bridgehead atoms. The molecule has 1 fully saturated rings. The summed E-state index contributed by atoms with van der Waals surface area (Å²) in [6, 6.07) is 8.09. The Morgan fingerprint density at radius 1 is 1.20 bits per heavy atom. The topological polar surface area (TPSA) is 57.7 Å². The van der Waals surface area contributed by atoms with Gasteiger partial charge in [0.25, 0.3) is 0 Å². The van der Waals surface area contributed by atoms with Gasteiger partial charge in [0.2, 0.25) is 15.9 Å². The first-order valence-electron chi connectivity index (χ1n) is 9.32. The van der Waals surface area contributed by atoms with Crippen LogP contribution in [0.1, 0.15) is 51.0 Å². The molecule has 0 saturated carbocycles. The number of amides is 1. The zero-order valence-corrected chi connectivity index (χ0v) is 16.0. The van der Waals surface area contributed by atoms with E-state index >= 15 is 0 Å². The van der Waals surface area contributed by atoms with Gasteiger partial charge in [-0.05, 0) is 43.2 Å². The summed E-state index contributed by atoms with van der Waals surface area (Å²) in [7, 11) is -3.24. The highest BCUT2D eigenvalue weighted by atomic mass is 32.2. The zero-order valence-electron chi connectivity index (χ0n) is 15.1. The standard InChI is InChI=1S/C19H28N2O3S/c1-3-13-25(23,24)20-11-6-7-16(14-20)19(22)21-12-10-15(2)17-8-4-5-9-18(17)21/h4-5,8-9,15-16H,3,6-7,10-14H2,1-2H3. The lowest BCUT2D eigenvalue weighted by molar-refractivity contribution is -0.123. The second-order valence-electron chi connectivity index (χ2n) is 7.25. The van der Waals surface area contributed by atoms with Crippen LogP contribution in [0, 0.1) is 5.92 Å². The SMILES string of the molecule is CCCS(=O)(=O)N1CCCC(C(=O)N2CCC(C)c3ccccc32)C1. The smallest absolute Gasteiger partial charge is 0.231 e. The number of carbonyl (C=O) groups excluding carboxylic acids is 1. The minimum atomic E-state index is -3.24. The van der Waals surface area contributed by atoms with Crippen molar-refractivity contribution in [2.75, 3.05) is 30.3 Å². The maximum atomic E-state index is 13.2. The molecule has 2 atom stereocenters. The lowest BCUT2D eigenvalue weighted by Crippen LogP contribution is -2.48. The van der Waals surface area contributed by atoms with Gasteiger partial charge in [-0.25, -0.2) is 12.7 Å². The predicted molar refractivity (Wildman–Crippen MR) is 100 cm³/mol. The fourth-order valence-corrected chi connectivity index (χ4v) is 5.57. The van der Waals surface area contributed by atoms with Gasteiger partial charge in [-0.2, -0.15) is 0 Å². The van der Waals surface area contributed by atoms with Gasteiger partial charge in [-0.15, -0.1) is 0 Å². The highest BCUT2D eigenvalue weighted by Gasteiger charge is 2.36. The van der Waals surface area contributed by atoms with Gasteiger partial charge in [0, 0.05) is 25.3 Å². The predicted octanol–water partition coefficient (Wildman–Crippen LogP) is 2.98. The van der Waals surface area contributed by atoms with E-state index in [-0.39, 0.29) is 17.6 Å². The molecule has 138 valence electrons. The molecule has 5 nitrogen and oxygen atoms in total. The van der Waals surface area contributed by atoms with Gasteiger partial charge >= 0.3 is 0 Å². The Balaban J connectivity index is 1.78. The number of carbonyl (C=O) groups is 1. The Bertz CT molecular complexity index is 732. The van der Waals surface area contributed by atoms with Gasteiger partial charge in [0.15, 0.2) is 0 Å². The summed E-state index contributed by atoms with van der Waals surface area (Å²) < 4.78 is 26.3. The van der Waals surface area contributed by atoms with Crippen molar-refractivity contribution < 1.29 is 13.2 Å². The van der Waals surface area contributed by atoms with E-state index in [1.54, 1.807) is 0 Å². The number of fused-ring (bicyclic) bond motifs is 1. The van der Waals surface area contributed by atoms with Crippen molar-refractivity contribution in [3.8, 4) is 0 Å². The van der Waals surface area contributed by atoms with Crippen LogP contribution in [0.2, 0.25) is 0 Å². The lowest BCUT2D eigenvalue weighted by atomic mass is 9.89. The maximum absolute atomic E-state index is 13.2. The summed E-state index contributed by atoms with van der Waals surface area (Å²) in [5.41, 5.74) is 2.22. The zero-order chi connectivity index (χ0) is 18.0. The summed E-state index contributed by atoms with van der Waals surface area (Å²) >= 11 is 0. The molecule has 2 aliphatic rings. The third kappa shape index (κ3) is 3.75. The first-order chi connectivity index (χ1) is 11.9. The summed E-state index contributed by atoms with van der Waals surface area (Å²) in [5, 5.41) is 0. The Morgan fingerprint density at radius 3 is 2.72 bits per heavy atom. The van der Waals surface area contributed by atoms with E-state index in [1.807, 2.05) is 30.0 Å². The number of anilines is 1. The second kappa shape index (κ2) is 7.46. The minimum Gasteiger partial charge on any atom is -0.312 e. The van der Waals surface area contributed by atoms with Crippen molar-refractivity contribution in [3.63, 3.8) is 0 Å². The summed E-state index contributed by atoms with van der Waals surface area (Å²) in [6.45, 7) is 5.65. The molecular weight excluding hydrogens is 336 g/mol. The van der Waals surface area contributed by atoms with Crippen LogP contribution in [0.25, 0.3) is 0 Å². The average Bonchev–Trinajstić information content (AvgIpc) is 2.62. The summed E-state index contributed by atoms with van der Waals surface area (Å²) in [6.07, 6.45) is 3.08. The van der Waals surface area contributed by atoms with E-state index in [4.69, 9.17) is 0 Å². The number of sulfonamides is 1. The van der Waals surface area contributed by atoms with Crippen molar-refractivity contribution in [2.45, 2.75) is 45.4 Å². The summed E-state index contributed by atoms with van der Waals surface area (Å²) in [5.74, 6) is 0.462. The molecule has 25 heavy (non-hydrogen) atoms. The Morgan fingerprint density at radius 2 is 1.96 bits per heavy atom. The normalized spacial score (nSPS) is 24.8. The molecule has 2 unspecified atom stereocenters. The van der Waals surface area contributed by atoms with Crippen LogP contribution in [0.3, 0.4) is 0 Å². The van der Waals surface area contributed by atoms with E-state index < -0.39 is 10.0 Å². The van der Waals surface area contributed by atoms with E-state index in [0.29, 0.717) is 25.4 Å². The molecule has 1 saturated heterocycles. The minimum absolute atomic E-state index is 0.0794. The largest absolute Gasteiger partial charge is 0.312 e. The van der Waals surface area contributed by atoms with Crippen molar-refractivity contribution in [1.82, 2.24) is 4.31 Å². The molecule has 0 spiro atoms. The molecule has 0 radical (unpaired) electrons. The molecule has 0 N–H and O–H groups in total. The van der Waals surface area contributed by atoms with E-state index in [0.717, 1.165) is 31.5 Å². The number of benzene rings is 1. The third-order valence-corrected chi connectivity index (χ3v) is 7.44. The highest BCUT2D eigenvalue weighted by Crippen LogP contribution is 2.36. The van der Waals surface area contributed by atoms with Crippen molar-refractivity contribution in [2.24, 2.45) is 5.92 Å². The Labute approximate surface area is 151 Å². The molecular formula is C19H28N2O3S. The van der Waals surface area contributed by atoms with Gasteiger partial charge in [-0.3, -0.25) is 4.79 Å². The lowest BCUT2D eigenvalue weighted by Gasteiger charge is -2.38. The molecule has 2 heterocycles. The number of rotatable bonds is 4. The number of hydrogen-bond acceptors (Lipinski definition) is 3. The molecule has 1 aromatic carbocycles. The number of hydrogen-bond donors (Lipinski definition) is 0. The molecule has 1 aromatic rings. The second-order valence-corrected chi connectivity index (χ2v) is 9.34. The van der Waals surface area contributed by atoms with E-state index in [1.165, 1.54) is 9.87 Å². The quantitative estimate of drug-likeness (QED) is 0.825. The number of piperidine rings is 1. The average molecular weight is 365 g/mol. The summed E-state index contributed by atoms with van der Waals surface area (Å²) in [4.78, 5) is 15.0. The first kappa shape index (κ1) is 18.4. The first-order valence-corrected chi connectivity index (χ1v) is 10.9. The van der Waals surface area contributed by atoms with Crippen LogP contribution in [0.4, 0.5) is 5.69 Å². The van der Waals surface area contributed by atoms with Crippen LogP contribution in [-0.4, -0.2) is 44.0 Å². The van der Waals surface area contributed by atoms with Crippen molar-refractivity contribution >= 4 is 21.6 Å². The van der Waals surface area contributed by atoms with Crippen LogP contribution in [0.5, 0.6) is 0 Å². The van der Waals surface area contributed by atoms with Crippen LogP contribution >= 0.6 is 0 Å². The molecule has 6 heteroatoms. The monoisotopic (exact) mass is 364 g/mol. The van der Waals surface area contributed by atoms with Gasteiger partial charge in [0.05, 0.1) is 11.7 Å². The Hall–Kier alpha value is -1.40. The molecule has 0 aromatic heterocycles. The Kier molecular flexibility index (Phi) is 5.49.